The fourth-order valence-corrected chi connectivity index (χ4v) is 3.15. The van der Waals surface area contributed by atoms with Crippen molar-refractivity contribution < 1.29 is 4.74 Å². The lowest BCUT2D eigenvalue weighted by molar-refractivity contribution is 0.0542. The van der Waals surface area contributed by atoms with E-state index in [0.29, 0.717) is 0 Å². The first-order valence-corrected chi connectivity index (χ1v) is 8.79. The molecule has 0 unspecified atom stereocenters. The van der Waals surface area contributed by atoms with Gasteiger partial charge in [0.25, 0.3) is 0 Å². The molecule has 5 heteroatoms. The minimum atomic E-state index is 0.890. The Morgan fingerprint density at radius 3 is 1.24 bits per heavy atom. The van der Waals surface area contributed by atoms with Crippen molar-refractivity contribution >= 4 is 0 Å². The highest BCUT2D eigenvalue weighted by molar-refractivity contribution is 4.71. The first-order chi connectivity index (χ1) is 10.3. The predicted octanol–water partition coefficient (Wildman–Crippen LogP) is 0.278. The SMILES string of the molecule is CCN1CCN(CCOCCN2CCN(CC)CC2)CC1. The summed E-state index contributed by atoms with van der Waals surface area (Å²) < 4.78 is 5.83. The van der Waals surface area contributed by atoms with E-state index in [0.717, 1.165) is 26.3 Å². The van der Waals surface area contributed by atoms with Gasteiger partial charge in [0.1, 0.15) is 0 Å². The van der Waals surface area contributed by atoms with Gasteiger partial charge in [0.2, 0.25) is 0 Å². The van der Waals surface area contributed by atoms with Crippen molar-refractivity contribution in [3.8, 4) is 0 Å². The van der Waals surface area contributed by atoms with Crippen molar-refractivity contribution in [2.75, 3.05) is 91.8 Å². The monoisotopic (exact) mass is 298 g/mol. The molecule has 21 heavy (non-hydrogen) atoms. The Morgan fingerprint density at radius 2 is 0.905 bits per heavy atom. The quantitative estimate of drug-likeness (QED) is 0.599. The largest absolute Gasteiger partial charge is 0.379 e. The molecule has 2 fully saturated rings. The summed E-state index contributed by atoms with van der Waals surface area (Å²) in [5.41, 5.74) is 0. The summed E-state index contributed by atoms with van der Waals surface area (Å²) in [7, 11) is 0. The van der Waals surface area contributed by atoms with Gasteiger partial charge in [0, 0.05) is 65.4 Å². The lowest BCUT2D eigenvalue weighted by Gasteiger charge is -2.34. The van der Waals surface area contributed by atoms with E-state index >= 15 is 0 Å². The van der Waals surface area contributed by atoms with Gasteiger partial charge in [-0.05, 0) is 13.1 Å². The molecular weight excluding hydrogens is 264 g/mol. The molecule has 0 N–H and O–H groups in total. The molecule has 0 bridgehead atoms. The minimum Gasteiger partial charge on any atom is -0.379 e. The fourth-order valence-electron chi connectivity index (χ4n) is 3.15. The highest BCUT2D eigenvalue weighted by atomic mass is 16.5. The van der Waals surface area contributed by atoms with Gasteiger partial charge in [-0.1, -0.05) is 13.8 Å². The van der Waals surface area contributed by atoms with Gasteiger partial charge in [-0.15, -0.1) is 0 Å². The molecule has 0 aromatic heterocycles. The summed E-state index contributed by atoms with van der Waals surface area (Å²) in [6.45, 7) is 20.6. The third-order valence-corrected chi connectivity index (χ3v) is 4.93. The molecule has 0 aliphatic carbocycles. The number of piperazine rings is 2. The Labute approximate surface area is 130 Å². The summed E-state index contributed by atoms with van der Waals surface area (Å²) in [5.74, 6) is 0. The summed E-state index contributed by atoms with van der Waals surface area (Å²) in [5, 5.41) is 0. The summed E-state index contributed by atoms with van der Waals surface area (Å²) >= 11 is 0. The predicted molar refractivity (Wildman–Crippen MR) is 87.9 cm³/mol. The second-order valence-corrected chi connectivity index (χ2v) is 6.16. The molecule has 0 amide bonds. The highest BCUT2D eigenvalue weighted by Gasteiger charge is 2.16. The van der Waals surface area contributed by atoms with Crippen LogP contribution in [0.3, 0.4) is 0 Å². The summed E-state index contributed by atoms with van der Waals surface area (Å²) in [4.78, 5) is 10.1. The molecule has 2 saturated heterocycles. The average molecular weight is 298 g/mol. The first kappa shape index (κ1) is 17.2. The molecule has 2 aliphatic rings. The van der Waals surface area contributed by atoms with Crippen LogP contribution < -0.4 is 0 Å². The minimum absolute atomic E-state index is 0.890. The van der Waals surface area contributed by atoms with Crippen molar-refractivity contribution in [1.29, 1.82) is 0 Å². The van der Waals surface area contributed by atoms with Crippen molar-refractivity contribution in [2.24, 2.45) is 0 Å². The molecular formula is C16H34N4O. The fraction of sp³-hybridized carbons (Fsp3) is 1.00. The molecule has 0 atom stereocenters. The van der Waals surface area contributed by atoms with Crippen LogP contribution in [0, 0.1) is 0 Å². The van der Waals surface area contributed by atoms with Crippen molar-refractivity contribution in [2.45, 2.75) is 13.8 Å². The molecule has 0 radical (unpaired) electrons. The zero-order chi connectivity index (χ0) is 14.9. The van der Waals surface area contributed by atoms with Crippen LogP contribution in [0.5, 0.6) is 0 Å². The van der Waals surface area contributed by atoms with Crippen LogP contribution in [0.2, 0.25) is 0 Å². The van der Waals surface area contributed by atoms with Gasteiger partial charge in [-0.25, -0.2) is 0 Å². The van der Waals surface area contributed by atoms with E-state index in [1.807, 2.05) is 0 Å². The zero-order valence-electron chi connectivity index (χ0n) is 14.1. The van der Waals surface area contributed by atoms with Crippen LogP contribution in [0.15, 0.2) is 0 Å². The molecule has 0 aromatic carbocycles. The molecule has 0 spiro atoms. The number of rotatable bonds is 8. The van der Waals surface area contributed by atoms with Gasteiger partial charge in [0.05, 0.1) is 13.2 Å². The Morgan fingerprint density at radius 1 is 0.571 bits per heavy atom. The third-order valence-electron chi connectivity index (χ3n) is 4.93. The maximum absolute atomic E-state index is 5.83. The van der Waals surface area contributed by atoms with Crippen LogP contribution in [-0.2, 0) is 4.74 Å². The van der Waals surface area contributed by atoms with Gasteiger partial charge >= 0.3 is 0 Å². The second kappa shape index (κ2) is 9.74. The molecule has 124 valence electrons. The van der Waals surface area contributed by atoms with E-state index in [2.05, 4.69) is 33.4 Å². The summed E-state index contributed by atoms with van der Waals surface area (Å²) in [6, 6.07) is 0. The van der Waals surface area contributed by atoms with Crippen LogP contribution in [0.1, 0.15) is 13.8 Å². The van der Waals surface area contributed by atoms with E-state index in [1.54, 1.807) is 0 Å². The number of likely N-dealkylation sites (N-methyl/N-ethyl adjacent to an activating group) is 2. The Hall–Kier alpha value is -0.200. The van der Waals surface area contributed by atoms with Gasteiger partial charge < -0.3 is 14.5 Å². The maximum Gasteiger partial charge on any atom is 0.0594 e. The van der Waals surface area contributed by atoms with Crippen LogP contribution in [-0.4, -0.2) is 111 Å². The third kappa shape index (κ3) is 6.20. The lowest BCUT2D eigenvalue weighted by atomic mass is 10.3. The molecule has 0 saturated carbocycles. The number of hydrogen-bond donors (Lipinski definition) is 0. The smallest absolute Gasteiger partial charge is 0.0594 e. The number of nitrogens with zero attached hydrogens (tertiary/aromatic N) is 4. The van der Waals surface area contributed by atoms with E-state index in [4.69, 9.17) is 4.74 Å². The van der Waals surface area contributed by atoms with E-state index in [1.165, 1.54) is 65.4 Å². The Balaban J connectivity index is 1.44. The standard InChI is InChI=1S/C16H34N4O/c1-3-17-5-9-19(10-6-17)13-15-21-16-14-20-11-7-18(4-2)8-12-20/h3-16H2,1-2H3. The van der Waals surface area contributed by atoms with E-state index in [-0.39, 0.29) is 0 Å². The van der Waals surface area contributed by atoms with Gasteiger partial charge in [-0.2, -0.15) is 0 Å². The summed E-state index contributed by atoms with van der Waals surface area (Å²) in [6.07, 6.45) is 0. The van der Waals surface area contributed by atoms with Gasteiger partial charge in [0.15, 0.2) is 0 Å². The molecule has 2 rings (SSSR count). The van der Waals surface area contributed by atoms with Crippen LogP contribution >= 0.6 is 0 Å². The Bertz CT molecular complexity index is 235. The van der Waals surface area contributed by atoms with Crippen molar-refractivity contribution in [3.63, 3.8) is 0 Å². The van der Waals surface area contributed by atoms with Crippen molar-refractivity contribution in [3.05, 3.63) is 0 Å². The van der Waals surface area contributed by atoms with Crippen LogP contribution in [0.4, 0.5) is 0 Å². The second-order valence-electron chi connectivity index (χ2n) is 6.16. The number of ether oxygens (including phenoxy) is 1. The van der Waals surface area contributed by atoms with Gasteiger partial charge in [-0.3, -0.25) is 9.80 Å². The molecule has 2 aliphatic heterocycles. The average Bonchev–Trinajstić information content (AvgIpc) is 2.55. The molecule has 5 nitrogen and oxygen atoms in total. The maximum atomic E-state index is 5.83. The Kier molecular flexibility index (Phi) is 7.96. The van der Waals surface area contributed by atoms with E-state index in [9.17, 15) is 0 Å². The number of hydrogen-bond acceptors (Lipinski definition) is 5. The zero-order valence-corrected chi connectivity index (χ0v) is 14.1. The van der Waals surface area contributed by atoms with E-state index < -0.39 is 0 Å². The highest BCUT2D eigenvalue weighted by Crippen LogP contribution is 2.02. The lowest BCUT2D eigenvalue weighted by Crippen LogP contribution is -2.47. The first-order valence-electron chi connectivity index (χ1n) is 8.79. The van der Waals surface area contributed by atoms with Crippen LogP contribution in [0.25, 0.3) is 0 Å². The molecule has 0 aromatic rings. The molecule has 2 heterocycles. The topological polar surface area (TPSA) is 22.2 Å². The van der Waals surface area contributed by atoms with Crippen molar-refractivity contribution in [1.82, 2.24) is 19.6 Å². The normalized spacial score (nSPS) is 23.7.